The van der Waals surface area contributed by atoms with Gasteiger partial charge in [0.25, 0.3) is 0 Å². The van der Waals surface area contributed by atoms with Gasteiger partial charge in [-0.2, -0.15) is 0 Å². The molecule has 5 heteroatoms. The molecule has 20 heavy (non-hydrogen) atoms. The molecule has 1 aromatic rings. The Hall–Kier alpha value is -1.30. The summed E-state index contributed by atoms with van der Waals surface area (Å²) >= 11 is 0. The summed E-state index contributed by atoms with van der Waals surface area (Å²) in [6.45, 7) is 3.65. The van der Waals surface area contributed by atoms with Crippen molar-refractivity contribution in [3.63, 3.8) is 0 Å². The Morgan fingerprint density at radius 1 is 1.20 bits per heavy atom. The van der Waals surface area contributed by atoms with Gasteiger partial charge < -0.3 is 24.7 Å². The molecule has 1 fully saturated rings. The first-order valence-corrected chi connectivity index (χ1v) is 7.00. The lowest BCUT2D eigenvalue weighted by molar-refractivity contribution is -0.107. The highest BCUT2D eigenvalue weighted by Crippen LogP contribution is 2.33. The van der Waals surface area contributed by atoms with Crippen LogP contribution in [0.5, 0.6) is 11.5 Å². The van der Waals surface area contributed by atoms with Gasteiger partial charge in [-0.05, 0) is 19.1 Å². The fraction of sp³-hybridized carbons (Fsp3) is 0.600. The molecule has 0 radical (unpaired) electrons. The van der Waals surface area contributed by atoms with Crippen molar-refractivity contribution in [2.75, 3.05) is 26.9 Å². The van der Waals surface area contributed by atoms with Gasteiger partial charge in [0.15, 0.2) is 11.5 Å². The summed E-state index contributed by atoms with van der Waals surface area (Å²) in [5.41, 5.74) is 5.97. The average molecular weight is 281 g/mol. The fourth-order valence-electron chi connectivity index (χ4n) is 2.22. The predicted molar refractivity (Wildman–Crippen MR) is 76.2 cm³/mol. The van der Waals surface area contributed by atoms with E-state index >= 15 is 0 Å². The molecule has 1 aromatic carbocycles. The number of rotatable bonds is 8. The van der Waals surface area contributed by atoms with E-state index in [0.29, 0.717) is 19.8 Å². The summed E-state index contributed by atoms with van der Waals surface area (Å²) in [6.07, 6.45) is 0.682. The zero-order chi connectivity index (χ0) is 14.4. The second-order valence-corrected chi connectivity index (χ2v) is 4.76. The molecule has 1 aliphatic carbocycles. The SMILES string of the molecule is CCOc1ccccc1OC1CC(N)C1OCCOC. The summed E-state index contributed by atoms with van der Waals surface area (Å²) in [5, 5.41) is 0. The third kappa shape index (κ3) is 3.62. The first kappa shape index (κ1) is 15.1. The highest BCUT2D eigenvalue weighted by atomic mass is 16.6. The highest BCUT2D eigenvalue weighted by molar-refractivity contribution is 5.39. The smallest absolute Gasteiger partial charge is 0.161 e. The van der Waals surface area contributed by atoms with Gasteiger partial charge >= 0.3 is 0 Å². The lowest BCUT2D eigenvalue weighted by atomic mass is 9.86. The Labute approximate surface area is 120 Å². The Balaban J connectivity index is 1.92. The Bertz CT molecular complexity index is 413. The monoisotopic (exact) mass is 281 g/mol. The maximum atomic E-state index is 5.98. The first-order chi connectivity index (χ1) is 9.76. The first-order valence-electron chi connectivity index (χ1n) is 7.00. The predicted octanol–water partition coefficient (Wildman–Crippen LogP) is 1.60. The third-order valence-corrected chi connectivity index (χ3v) is 3.32. The van der Waals surface area contributed by atoms with Crippen molar-refractivity contribution < 1.29 is 18.9 Å². The van der Waals surface area contributed by atoms with E-state index in [1.165, 1.54) is 0 Å². The normalized spacial score (nSPS) is 25.1. The van der Waals surface area contributed by atoms with Crippen LogP contribution >= 0.6 is 0 Å². The number of ether oxygens (including phenoxy) is 4. The molecule has 0 amide bonds. The largest absolute Gasteiger partial charge is 0.490 e. The number of hydrogen-bond acceptors (Lipinski definition) is 5. The maximum Gasteiger partial charge on any atom is 0.161 e. The van der Waals surface area contributed by atoms with Crippen molar-refractivity contribution in [1.82, 2.24) is 0 Å². The summed E-state index contributed by atoms with van der Waals surface area (Å²) in [6, 6.07) is 7.68. The van der Waals surface area contributed by atoms with E-state index in [0.717, 1.165) is 17.9 Å². The second-order valence-electron chi connectivity index (χ2n) is 4.76. The van der Waals surface area contributed by atoms with E-state index in [-0.39, 0.29) is 18.2 Å². The van der Waals surface area contributed by atoms with Gasteiger partial charge in [-0.3, -0.25) is 0 Å². The summed E-state index contributed by atoms with van der Waals surface area (Å²) in [7, 11) is 1.65. The van der Waals surface area contributed by atoms with E-state index in [4.69, 9.17) is 24.7 Å². The Morgan fingerprint density at radius 3 is 2.60 bits per heavy atom. The molecule has 0 bridgehead atoms. The van der Waals surface area contributed by atoms with Gasteiger partial charge in [0.05, 0.1) is 19.8 Å². The molecule has 2 N–H and O–H groups in total. The Morgan fingerprint density at radius 2 is 1.95 bits per heavy atom. The highest BCUT2D eigenvalue weighted by Gasteiger charge is 2.41. The van der Waals surface area contributed by atoms with Gasteiger partial charge in [-0.25, -0.2) is 0 Å². The van der Waals surface area contributed by atoms with Crippen LogP contribution in [0.3, 0.4) is 0 Å². The molecule has 1 aliphatic rings. The number of benzene rings is 1. The molecule has 0 spiro atoms. The van der Waals surface area contributed by atoms with Crippen LogP contribution in [0.15, 0.2) is 24.3 Å². The minimum absolute atomic E-state index is 0.0242. The maximum absolute atomic E-state index is 5.98. The molecule has 2 rings (SSSR count). The van der Waals surface area contributed by atoms with Gasteiger partial charge in [-0.1, -0.05) is 12.1 Å². The Kier molecular flexibility index (Phi) is 5.64. The molecule has 0 heterocycles. The van der Waals surface area contributed by atoms with Crippen LogP contribution in [0, 0.1) is 0 Å². The molecule has 1 saturated carbocycles. The van der Waals surface area contributed by atoms with E-state index in [2.05, 4.69) is 0 Å². The van der Waals surface area contributed by atoms with E-state index in [1.807, 2.05) is 31.2 Å². The van der Waals surface area contributed by atoms with Crippen LogP contribution in [0.4, 0.5) is 0 Å². The number of hydrogen-bond donors (Lipinski definition) is 1. The van der Waals surface area contributed by atoms with E-state index in [1.54, 1.807) is 7.11 Å². The molecule has 0 aliphatic heterocycles. The molecule has 5 nitrogen and oxygen atoms in total. The fourth-order valence-corrected chi connectivity index (χ4v) is 2.22. The number of nitrogens with two attached hydrogens (primary N) is 1. The van der Waals surface area contributed by atoms with Crippen LogP contribution in [-0.2, 0) is 9.47 Å². The van der Waals surface area contributed by atoms with Gasteiger partial charge in [0.1, 0.15) is 12.2 Å². The lowest BCUT2D eigenvalue weighted by Gasteiger charge is -2.41. The molecule has 3 unspecified atom stereocenters. The van der Waals surface area contributed by atoms with Gasteiger partial charge in [0, 0.05) is 19.6 Å². The summed E-state index contributed by atoms with van der Waals surface area (Å²) < 4.78 is 22.2. The van der Waals surface area contributed by atoms with Crippen LogP contribution in [0.2, 0.25) is 0 Å². The number of para-hydroxylation sites is 2. The lowest BCUT2D eigenvalue weighted by Crippen LogP contribution is -2.59. The van der Waals surface area contributed by atoms with Gasteiger partial charge in [0.2, 0.25) is 0 Å². The zero-order valence-corrected chi connectivity index (χ0v) is 12.1. The molecule has 0 aromatic heterocycles. The standard InChI is InChI=1S/C15H23NO4/c1-3-18-12-6-4-5-7-13(12)20-14-10-11(16)15(14)19-9-8-17-2/h4-7,11,14-15H,3,8-10,16H2,1-2H3. The average Bonchev–Trinajstić information content (AvgIpc) is 2.45. The molecular weight excluding hydrogens is 258 g/mol. The van der Waals surface area contributed by atoms with Crippen molar-refractivity contribution in [2.24, 2.45) is 5.73 Å². The van der Waals surface area contributed by atoms with Crippen LogP contribution in [0.25, 0.3) is 0 Å². The third-order valence-electron chi connectivity index (χ3n) is 3.32. The second kappa shape index (κ2) is 7.47. The number of methoxy groups -OCH3 is 1. The minimum atomic E-state index is -0.0835. The quantitative estimate of drug-likeness (QED) is 0.733. The zero-order valence-electron chi connectivity index (χ0n) is 12.1. The van der Waals surface area contributed by atoms with Gasteiger partial charge in [-0.15, -0.1) is 0 Å². The topological polar surface area (TPSA) is 62.9 Å². The molecular formula is C15H23NO4. The van der Waals surface area contributed by atoms with Crippen molar-refractivity contribution in [3.8, 4) is 11.5 Å². The molecule has 3 atom stereocenters. The van der Waals surface area contributed by atoms with Crippen LogP contribution in [0.1, 0.15) is 13.3 Å². The van der Waals surface area contributed by atoms with Crippen molar-refractivity contribution in [2.45, 2.75) is 31.6 Å². The minimum Gasteiger partial charge on any atom is -0.490 e. The summed E-state index contributed by atoms with van der Waals surface area (Å²) in [4.78, 5) is 0. The van der Waals surface area contributed by atoms with Crippen molar-refractivity contribution >= 4 is 0 Å². The van der Waals surface area contributed by atoms with Crippen molar-refractivity contribution in [3.05, 3.63) is 24.3 Å². The van der Waals surface area contributed by atoms with Crippen LogP contribution < -0.4 is 15.2 Å². The molecule has 112 valence electrons. The van der Waals surface area contributed by atoms with Crippen LogP contribution in [-0.4, -0.2) is 45.2 Å². The van der Waals surface area contributed by atoms with E-state index in [9.17, 15) is 0 Å². The molecule has 0 saturated heterocycles. The van der Waals surface area contributed by atoms with Crippen molar-refractivity contribution in [1.29, 1.82) is 0 Å². The summed E-state index contributed by atoms with van der Waals surface area (Å²) in [5.74, 6) is 1.50. The van der Waals surface area contributed by atoms with E-state index < -0.39 is 0 Å².